The maximum atomic E-state index is 11.0. The SMILES string of the molecule is CC(C)CC(C(N)=O)C(=O)NN. The Bertz CT molecular complexity index is 179. The topological polar surface area (TPSA) is 98.2 Å². The molecule has 5 N–H and O–H groups in total. The van der Waals surface area contributed by atoms with E-state index in [1.54, 1.807) is 0 Å². The van der Waals surface area contributed by atoms with E-state index in [0.29, 0.717) is 6.42 Å². The van der Waals surface area contributed by atoms with Gasteiger partial charge in [0.2, 0.25) is 11.8 Å². The number of rotatable bonds is 4. The van der Waals surface area contributed by atoms with Crippen LogP contribution in [0.2, 0.25) is 0 Å². The van der Waals surface area contributed by atoms with Crippen molar-refractivity contribution < 1.29 is 9.59 Å². The van der Waals surface area contributed by atoms with E-state index in [2.05, 4.69) is 0 Å². The largest absolute Gasteiger partial charge is 0.369 e. The van der Waals surface area contributed by atoms with Crippen LogP contribution in [0.25, 0.3) is 0 Å². The van der Waals surface area contributed by atoms with Crippen molar-refractivity contribution in [1.29, 1.82) is 0 Å². The fourth-order valence-electron chi connectivity index (χ4n) is 0.924. The fourth-order valence-corrected chi connectivity index (χ4v) is 0.924. The minimum absolute atomic E-state index is 0.236. The molecule has 1 atom stereocenters. The number of nitrogens with two attached hydrogens (primary N) is 2. The van der Waals surface area contributed by atoms with E-state index in [9.17, 15) is 9.59 Å². The number of carbonyl (C=O) groups excluding carboxylic acids is 2. The van der Waals surface area contributed by atoms with Crippen LogP contribution in [0.15, 0.2) is 0 Å². The molecule has 0 aromatic heterocycles. The molecule has 0 saturated carbocycles. The van der Waals surface area contributed by atoms with E-state index in [1.165, 1.54) is 0 Å². The monoisotopic (exact) mass is 173 g/mol. The summed E-state index contributed by atoms with van der Waals surface area (Å²) < 4.78 is 0. The Balaban J connectivity index is 4.23. The summed E-state index contributed by atoms with van der Waals surface area (Å²) in [6.07, 6.45) is 0.429. The second kappa shape index (κ2) is 4.71. The van der Waals surface area contributed by atoms with Gasteiger partial charge in [-0.05, 0) is 12.3 Å². The van der Waals surface area contributed by atoms with Crippen LogP contribution in [0.5, 0.6) is 0 Å². The lowest BCUT2D eigenvalue weighted by Crippen LogP contribution is -2.42. The standard InChI is InChI=1S/C7H15N3O2/c1-4(2)3-5(6(8)11)7(12)10-9/h4-5H,3,9H2,1-2H3,(H2,8,11)(H,10,12). The number of hydrogen-bond acceptors (Lipinski definition) is 3. The first-order chi connectivity index (χ1) is 5.49. The van der Waals surface area contributed by atoms with Crippen LogP contribution in [0, 0.1) is 11.8 Å². The molecule has 5 heteroatoms. The van der Waals surface area contributed by atoms with E-state index >= 15 is 0 Å². The number of carbonyl (C=O) groups is 2. The van der Waals surface area contributed by atoms with E-state index < -0.39 is 17.7 Å². The lowest BCUT2D eigenvalue weighted by atomic mass is 9.96. The van der Waals surface area contributed by atoms with Gasteiger partial charge < -0.3 is 5.73 Å². The molecule has 0 rings (SSSR count). The summed E-state index contributed by atoms with van der Waals surface area (Å²) in [5, 5.41) is 0. The average Bonchev–Trinajstić information content (AvgIpc) is 1.98. The van der Waals surface area contributed by atoms with Gasteiger partial charge in [-0.1, -0.05) is 13.8 Å². The molecule has 0 heterocycles. The minimum Gasteiger partial charge on any atom is -0.369 e. The normalized spacial score (nSPS) is 12.7. The zero-order valence-corrected chi connectivity index (χ0v) is 7.33. The van der Waals surface area contributed by atoms with Crippen molar-refractivity contribution in [3.05, 3.63) is 0 Å². The summed E-state index contributed by atoms with van der Waals surface area (Å²) in [7, 11) is 0. The van der Waals surface area contributed by atoms with E-state index in [1.807, 2.05) is 19.3 Å². The van der Waals surface area contributed by atoms with Gasteiger partial charge in [0.05, 0.1) is 0 Å². The molecule has 0 aromatic rings. The molecule has 0 saturated heterocycles. The molecule has 70 valence electrons. The average molecular weight is 173 g/mol. The van der Waals surface area contributed by atoms with E-state index in [-0.39, 0.29) is 5.92 Å². The molecule has 0 aliphatic heterocycles. The van der Waals surface area contributed by atoms with E-state index in [4.69, 9.17) is 11.6 Å². The highest BCUT2D eigenvalue weighted by atomic mass is 16.2. The summed E-state index contributed by atoms with van der Waals surface area (Å²) in [4.78, 5) is 21.7. The molecule has 0 aromatic carbocycles. The van der Waals surface area contributed by atoms with Crippen LogP contribution in [-0.4, -0.2) is 11.8 Å². The maximum Gasteiger partial charge on any atom is 0.246 e. The van der Waals surface area contributed by atoms with Crippen molar-refractivity contribution >= 4 is 11.8 Å². The highest BCUT2D eigenvalue weighted by molar-refractivity contribution is 5.99. The van der Waals surface area contributed by atoms with Crippen molar-refractivity contribution in [2.75, 3.05) is 0 Å². The van der Waals surface area contributed by atoms with Crippen LogP contribution in [0.3, 0.4) is 0 Å². The Kier molecular flexibility index (Phi) is 4.28. The summed E-state index contributed by atoms with van der Waals surface area (Å²) in [5.74, 6) is 3.15. The van der Waals surface area contributed by atoms with Gasteiger partial charge in [-0.15, -0.1) is 0 Å². The van der Waals surface area contributed by atoms with Crippen molar-refractivity contribution in [1.82, 2.24) is 5.43 Å². The van der Waals surface area contributed by atoms with Gasteiger partial charge in [0.1, 0.15) is 5.92 Å². The van der Waals surface area contributed by atoms with Gasteiger partial charge >= 0.3 is 0 Å². The van der Waals surface area contributed by atoms with Gasteiger partial charge in [-0.3, -0.25) is 15.0 Å². The Hall–Kier alpha value is -1.10. The third-order valence-corrected chi connectivity index (χ3v) is 1.51. The third-order valence-electron chi connectivity index (χ3n) is 1.51. The van der Waals surface area contributed by atoms with Crippen LogP contribution >= 0.6 is 0 Å². The Labute approximate surface area is 71.5 Å². The van der Waals surface area contributed by atoms with E-state index in [0.717, 1.165) is 0 Å². The van der Waals surface area contributed by atoms with Crippen molar-refractivity contribution in [3.8, 4) is 0 Å². The zero-order valence-electron chi connectivity index (χ0n) is 7.33. The summed E-state index contributed by atoms with van der Waals surface area (Å²) in [6.45, 7) is 3.81. The third kappa shape index (κ3) is 3.34. The zero-order chi connectivity index (χ0) is 9.72. The Morgan fingerprint density at radius 2 is 1.92 bits per heavy atom. The summed E-state index contributed by atoms with van der Waals surface area (Å²) >= 11 is 0. The van der Waals surface area contributed by atoms with Crippen LogP contribution in [0.1, 0.15) is 20.3 Å². The summed E-state index contributed by atoms with van der Waals surface area (Å²) in [6, 6.07) is 0. The van der Waals surface area contributed by atoms with Gasteiger partial charge in [0.25, 0.3) is 0 Å². The highest BCUT2D eigenvalue weighted by Gasteiger charge is 2.24. The van der Waals surface area contributed by atoms with Crippen LogP contribution in [0.4, 0.5) is 0 Å². The number of amides is 2. The molecule has 1 unspecified atom stereocenters. The van der Waals surface area contributed by atoms with Crippen molar-refractivity contribution in [2.45, 2.75) is 20.3 Å². The van der Waals surface area contributed by atoms with Crippen molar-refractivity contribution in [2.24, 2.45) is 23.4 Å². The van der Waals surface area contributed by atoms with Crippen molar-refractivity contribution in [3.63, 3.8) is 0 Å². The molecule has 0 aliphatic rings. The molecule has 0 bridgehead atoms. The predicted octanol–water partition coefficient (Wildman–Crippen LogP) is -0.876. The molecule has 0 fully saturated rings. The lowest BCUT2D eigenvalue weighted by Gasteiger charge is -2.13. The second-order valence-corrected chi connectivity index (χ2v) is 3.09. The van der Waals surface area contributed by atoms with Gasteiger partial charge in [-0.25, -0.2) is 5.84 Å². The number of hydrazine groups is 1. The number of hydrogen-bond donors (Lipinski definition) is 3. The summed E-state index contributed by atoms with van der Waals surface area (Å²) in [5.41, 5.74) is 6.92. The molecular formula is C7H15N3O2. The first-order valence-electron chi connectivity index (χ1n) is 3.78. The maximum absolute atomic E-state index is 11.0. The molecule has 0 aliphatic carbocycles. The Morgan fingerprint density at radius 3 is 2.17 bits per heavy atom. The second-order valence-electron chi connectivity index (χ2n) is 3.09. The number of primary amides is 1. The first-order valence-corrected chi connectivity index (χ1v) is 3.78. The molecule has 0 spiro atoms. The smallest absolute Gasteiger partial charge is 0.246 e. The Morgan fingerprint density at radius 1 is 1.42 bits per heavy atom. The number of nitrogens with one attached hydrogen (secondary N) is 1. The fraction of sp³-hybridized carbons (Fsp3) is 0.714. The van der Waals surface area contributed by atoms with Crippen LogP contribution in [-0.2, 0) is 9.59 Å². The van der Waals surface area contributed by atoms with Gasteiger partial charge in [-0.2, -0.15) is 0 Å². The molecular weight excluding hydrogens is 158 g/mol. The lowest BCUT2D eigenvalue weighted by molar-refractivity contribution is -0.134. The molecule has 0 radical (unpaired) electrons. The quantitative estimate of drug-likeness (QED) is 0.223. The molecule has 5 nitrogen and oxygen atoms in total. The van der Waals surface area contributed by atoms with Gasteiger partial charge in [0, 0.05) is 0 Å². The van der Waals surface area contributed by atoms with Gasteiger partial charge in [0.15, 0.2) is 0 Å². The van der Waals surface area contributed by atoms with Crippen LogP contribution < -0.4 is 17.0 Å². The molecule has 12 heavy (non-hydrogen) atoms. The highest BCUT2D eigenvalue weighted by Crippen LogP contribution is 2.10. The predicted molar refractivity (Wildman–Crippen MR) is 44.5 cm³/mol. The minimum atomic E-state index is -0.810. The first kappa shape index (κ1) is 10.9. The molecule has 2 amide bonds.